The van der Waals surface area contributed by atoms with Gasteiger partial charge in [-0.2, -0.15) is 5.10 Å². The lowest BCUT2D eigenvalue weighted by molar-refractivity contribution is 0.289. The van der Waals surface area contributed by atoms with Crippen LogP contribution in [0.5, 0.6) is 5.75 Å². The van der Waals surface area contributed by atoms with Crippen molar-refractivity contribution in [1.82, 2.24) is 24.8 Å². The molecule has 8 nitrogen and oxygen atoms in total. The standard InChI is InChI=1S/C14H21N5O3S.ClH/c1-11(15-2)8-18-23(20,21)13-6-4-12(5-7-13)22-9-14-16-10-17-19(14)3;/h4-7,10-11,15,18H,8-9H2,1-3H3;1H. The van der Waals surface area contributed by atoms with Crippen LogP contribution in [0.1, 0.15) is 12.7 Å². The summed E-state index contributed by atoms with van der Waals surface area (Å²) in [6, 6.07) is 6.31. The van der Waals surface area contributed by atoms with Crippen molar-refractivity contribution < 1.29 is 13.2 Å². The van der Waals surface area contributed by atoms with E-state index in [1.54, 1.807) is 30.9 Å². The molecule has 0 saturated carbocycles. The van der Waals surface area contributed by atoms with Crippen LogP contribution in [-0.2, 0) is 23.7 Å². The molecule has 0 radical (unpaired) electrons. The zero-order valence-electron chi connectivity index (χ0n) is 13.8. The molecule has 1 unspecified atom stereocenters. The number of hydrogen-bond acceptors (Lipinski definition) is 6. The lowest BCUT2D eigenvalue weighted by Gasteiger charge is -2.12. The maximum absolute atomic E-state index is 12.2. The summed E-state index contributed by atoms with van der Waals surface area (Å²) < 4.78 is 34.0. The third-order valence-corrected chi connectivity index (χ3v) is 4.82. The van der Waals surface area contributed by atoms with Crippen LogP contribution in [0.25, 0.3) is 0 Å². The topological polar surface area (TPSA) is 98.1 Å². The highest BCUT2D eigenvalue weighted by atomic mass is 35.5. The van der Waals surface area contributed by atoms with Crippen molar-refractivity contribution in [2.75, 3.05) is 13.6 Å². The highest BCUT2D eigenvalue weighted by Gasteiger charge is 2.14. The summed E-state index contributed by atoms with van der Waals surface area (Å²) >= 11 is 0. The first-order valence-electron chi connectivity index (χ1n) is 7.15. The highest BCUT2D eigenvalue weighted by molar-refractivity contribution is 7.89. The molecule has 0 bridgehead atoms. The lowest BCUT2D eigenvalue weighted by Crippen LogP contribution is -2.37. The molecular formula is C14H22ClN5O3S. The van der Waals surface area contributed by atoms with Crippen LogP contribution in [0.2, 0.25) is 0 Å². The molecule has 0 aliphatic heterocycles. The van der Waals surface area contributed by atoms with Crippen LogP contribution in [0.3, 0.4) is 0 Å². The van der Waals surface area contributed by atoms with Gasteiger partial charge in [-0.3, -0.25) is 4.68 Å². The highest BCUT2D eigenvalue weighted by Crippen LogP contribution is 2.16. The van der Waals surface area contributed by atoms with Gasteiger partial charge in [-0.25, -0.2) is 18.1 Å². The number of nitrogens with one attached hydrogen (secondary N) is 2. The van der Waals surface area contributed by atoms with E-state index >= 15 is 0 Å². The molecule has 2 rings (SSSR count). The summed E-state index contributed by atoms with van der Waals surface area (Å²) in [4.78, 5) is 4.25. The molecule has 24 heavy (non-hydrogen) atoms. The summed E-state index contributed by atoms with van der Waals surface area (Å²) in [5, 5.41) is 6.92. The molecule has 2 N–H and O–H groups in total. The van der Waals surface area contributed by atoms with Crippen molar-refractivity contribution in [3.8, 4) is 5.75 Å². The first kappa shape index (κ1) is 20.4. The van der Waals surface area contributed by atoms with E-state index in [1.807, 2.05) is 6.92 Å². The van der Waals surface area contributed by atoms with Crippen LogP contribution < -0.4 is 14.8 Å². The van der Waals surface area contributed by atoms with Crippen molar-refractivity contribution in [1.29, 1.82) is 0 Å². The summed E-state index contributed by atoms with van der Waals surface area (Å²) in [6.45, 7) is 2.48. The van der Waals surface area contributed by atoms with E-state index in [9.17, 15) is 8.42 Å². The van der Waals surface area contributed by atoms with E-state index in [2.05, 4.69) is 20.1 Å². The second-order valence-electron chi connectivity index (χ2n) is 5.10. The first-order valence-corrected chi connectivity index (χ1v) is 8.63. The van der Waals surface area contributed by atoms with Crippen molar-refractivity contribution in [3.63, 3.8) is 0 Å². The van der Waals surface area contributed by atoms with Crippen LogP contribution >= 0.6 is 12.4 Å². The fourth-order valence-corrected chi connectivity index (χ4v) is 2.86. The molecule has 0 fully saturated rings. The number of likely N-dealkylation sites (N-methyl/N-ethyl adjacent to an activating group) is 1. The maximum Gasteiger partial charge on any atom is 0.240 e. The first-order chi connectivity index (χ1) is 10.9. The van der Waals surface area contributed by atoms with Crippen LogP contribution in [-0.4, -0.2) is 42.8 Å². The number of nitrogens with zero attached hydrogens (tertiary/aromatic N) is 3. The Balaban J connectivity index is 0.00000288. The van der Waals surface area contributed by atoms with Gasteiger partial charge >= 0.3 is 0 Å². The lowest BCUT2D eigenvalue weighted by atomic mass is 10.3. The van der Waals surface area contributed by atoms with E-state index < -0.39 is 10.0 Å². The second kappa shape index (κ2) is 8.97. The monoisotopic (exact) mass is 375 g/mol. The fourth-order valence-electron chi connectivity index (χ4n) is 1.73. The number of aryl methyl sites for hydroxylation is 1. The zero-order valence-corrected chi connectivity index (χ0v) is 15.4. The summed E-state index contributed by atoms with van der Waals surface area (Å²) in [7, 11) is 0.0379. The summed E-state index contributed by atoms with van der Waals surface area (Å²) in [5.41, 5.74) is 0. The Hall–Kier alpha value is -1.68. The van der Waals surface area contributed by atoms with Gasteiger partial charge in [-0.05, 0) is 38.2 Å². The molecule has 0 saturated heterocycles. The number of aromatic nitrogens is 3. The molecule has 1 aromatic heterocycles. The van der Waals surface area contributed by atoms with E-state index in [4.69, 9.17) is 4.74 Å². The minimum atomic E-state index is -3.52. The average Bonchev–Trinajstić information content (AvgIpc) is 2.96. The maximum atomic E-state index is 12.2. The van der Waals surface area contributed by atoms with Crippen molar-refractivity contribution >= 4 is 22.4 Å². The van der Waals surface area contributed by atoms with E-state index in [1.165, 1.54) is 18.5 Å². The second-order valence-corrected chi connectivity index (χ2v) is 6.87. The fraction of sp³-hybridized carbons (Fsp3) is 0.429. The number of benzene rings is 1. The number of sulfonamides is 1. The minimum Gasteiger partial charge on any atom is -0.486 e. The van der Waals surface area contributed by atoms with Gasteiger partial charge in [-0.1, -0.05) is 0 Å². The molecule has 2 aromatic rings. The van der Waals surface area contributed by atoms with Gasteiger partial charge < -0.3 is 10.1 Å². The molecule has 10 heteroatoms. The Labute approximate surface area is 148 Å². The van der Waals surface area contributed by atoms with Gasteiger partial charge in [-0.15, -0.1) is 12.4 Å². The third-order valence-electron chi connectivity index (χ3n) is 3.38. The van der Waals surface area contributed by atoms with Crippen LogP contribution in [0, 0.1) is 0 Å². The van der Waals surface area contributed by atoms with Gasteiger partial charge in [0.2, 0.25) is 10.0 Å². The number of hydrogen-bond donors (Lipinski definition) is 2. The Morgan fingerprint density at radius 2 is 1.96 bits per heavy atom. The molecular weight excluding hydrogens is 354 g/mol. The number of rotatable bonds is 8. The van der Waals surface area contributed by atoms with Gasteiger partial charge in [0.25, 0.3) is 0 Å². The molecule has 0 amide bonds. The van der Waals surface area contributed by atoms with Crippen LogP contribution in [0.15, 0.2) is 35.5 Å². The average molecular weight is 376 g/mol. The number of halogens is 1. The molecule has 0 spiro atoms. The van der Waals surface area contributed by atoms with Gasteiger partial charge in [0, 0.05) is 19.6 Å². The Bertz CT molecular complexity index is 733. The SMILES string of the molecule is CNC(C)CNS(=O)(=O)c1ccc(OCc2ncnn2C)cc1.Cl. The van der Waals surface area contributed by atoms with E-state index in [0.717, 1.165) is 0 Å². The zero-order chi connectivity index (χ0) is 16.9. The molecule has 1 aromatic carbocycles. The van der Waals surface area contributed by atoms with E-state index in [-0.39, 0.29) is 30.0 Å². The predicted octanol–water partition coefficient (Wildman–Crippen LogP) is 0.702. The smallest absolute Gasteiger partial charge is 0.240 e. The molecule has 1 atom stereocenters. The summed E-state index contributed by atoms with van der Waals surface area (Å²) in [6.07, 6.45) is 1.45. The van der Waals surface area contributed by atoms with Crippen molar-refractivity contribution in [2.24, 2.45) is 7.05 Å². The molecule has 1 heterocycles. The molecule has 134 valence electrons. The van der Waals surface area contributed by atoms with Gasteiger partial charge in [0.15, 0.2) is 5.82 Å². The van der Waals surface area contributed by atoms with Crippen molar-refractivity contribution in [3.05, 3.63) is 36.4 Å². The summed E-state index contributed by atoms with van der Waals surface area (Å²) in [5.74, 6) is 1.25. The third kappa shape index (κ3) is 5.45. The predicted molar refractivity (Wildman–Crippen MR) is 92.7 cm³/mol. The number of ether oxygens (including phenoxy) is 1. The van der Waals surface area contributed by atoms with Gasteiger partial charge in [0.05, 0.1) is 4.90 Å². The Kier molecular flexibility index (Phi) is 7.61. The minimum absolute atomic E-state index is 0. The molecule has 0 aliphatic rings. The Morgan fingerprint density at radius 3 is 2.50 bits per heavy atom. The largest absolute Gasteiger partial charge is 0.486 e. The van der Waals surface area contributed by atoms with Gasteiger partial charge in [0.1, 0.15) is 18.7 Å². The van der Waals surface area contributed by atoms with Crippen LogP contribution in [0.4, 0.5) is 0 Å². The normalized spacial score (nSPS) is 12.5. The van der Waals surface area contributed by atoms with E-state index in [0.29, 0.717) is 18.1 Å². The van der Waals surface area contributed by atoms with Crippen molar-refractivity contribution in [2.45, 2.75) is 24.5 Å². The quantitative estimate of drug-likeness (QED) is 0.704. The Morgan fingerprint density at radius 1 is 1.29 bits per heavy atom. The molecule has 0 aliphatic carbocycles.